The highest BCUT2D eigenvalue weighted by Crippen LogP contribution is 2.45. The maximum Gasteiger partial charge on any atom is 0.348 e. The molecule has 2 atom stereocenters. The number of ketones is 1. The van der Waals surface area contributed by atoms with Crippen LogP contribution in [0.2, 0.25) is 0 Å². The number of rotatable bonds is 11. The molecule has 0 aromatic heterocycles. The zero-order valence-electron chi connectivity index (χ0n) is 20.4. The second-order valence-corrected chi connectivity index (χ2v) is 9.00. The standard InChI is InChI=1S/C23H27F4N3O8/c1-2-30(36,29-6-8-37-9-7-29)22(35)23(4-3-5-23)21(34)28-15(11-17(32)33)16(31)12-38-20-18(26)13(24)10-14(25)19(20)27/h10,15H,2-9,11-12H2,1H3,(H,28,34)(H,32,33). The van der Waals surface area contributed by atoms with E-state index in [4.69, 9.17) is 4.74 Å². The number of Topliss-reactive ketones (excluding diaryl/α,β-unsaturated/α-hetero) is 1. The fourth-order valence-corrected chi connectivity index (χ4v) is 4.39. The van der Waals surface area contributed by atoms with E-state index in [2.05, 4.69) is 10.1 Å². The monoisotopic (exact) mass is 549 g/mol. The summed E-state index contributed by atoms with van der Waals surface area (Å²) < 4.78 is 62.9. The van der Waals surface area contributed by atoms with E-state index >= 15 is 0 Å². The molecule has 3 rings (SSSR count). The Morgan fingerprint density at radius 2 is 1.74 bits per heavy atom. The number of hydroxylamine groups is 2. The second kappa shape index (κ2) is 11.7. The predicted octanol–water partition coefficient (Wildman–Crippen LogP) is 1.43. The summed E-state index contributed by atoms with van der Waals surface area (Å²) in [4.78, 5) is 50.8. The van der Waals surface area contributed by atoms with Crippen molar-refractivity contribution >= 4 is 23.6 Å². The number of carboxylic acid groups (broad SMARTS) is 1. The van der Waals surface area contributed by atoms with Gasteiger partial charge in [-0.25, -0.2) is 18.3 Å². The number of ether oxygens (including phenoxy) is 2. The number of carbonyl (C=O) groups excluding carboxylic acids is 3. The molecule has 0 radical (unpaired) electrons. The zero-order chi connectivity index (χ0) is 28.3. The molecule has 1 aliphatic heterocycles. The van der Waals surface area contributed by atoms with Gasteiger partial charge in [0.25, 0.3) is 0 Å². The Bertz CT molecular complexity index is 1080. The Kier molecular flexibility index (Phi) is 9.07. The van der Waals surface area contributed by atoms with Crippen molar-refractivity contribution < 1.29 is 56.1 Å². The molecule has 11 nitrogen and oxygen atoms in total. The molecule has 15 heteroatoms. The van der Waals surface area contributed by atoms with E-state index in [-0.39, 0.29) is 51.8 Å². The minimum Gasteiger partial charge on any atom is -0.604 e. The van der Waals surface area contributed by atoms with E-state index in [9.17, 15) is 47.1 Å². The second-order valence-electron chi connectivity index (χ2n) is 9.00. The summed E-state index contributed by atoms with van der Waals surface area (Å²) in [6.45, 7) is 0.700. The van der Waals surface area contributed by atoms with Gasteiger partial charge in [0.2, 0.25) is 17.5 Å². The molecule has 2 N–H and O–H groups in total. The lowest BCUT2D eigenvalue weighted by atomic mass is 9.66. The van der Waals surface area contributed by atoms with Gasteiger partial charge in [-0.2, -0.15) is 8.78 Å². The molecular weight excluding hydrogens is 522 g/mol. The molecule has 2 fully saturated rings. The number of hydrogen-bond acceptors (Lipinski definition) is 8. The molecule has 2 aliphatic rings. The topological polar surface area (TPSA) is 145 Å². The smallest absolute Gasteiger partial charge is 0.348 e. The van der Waals surface area contributed by atoms with Crippen LogP contribution in [-0.4, -0.2) is 83.9 Å². The lowest BCUT2D eigenvalue weighted by molar-refractivity contribution is -0.929. The molecule has 210 valence electrons. The normalized spacial score (nSPS) is 19.5. The van der Waals surface area contributed by atoms with Crippen molar-refractivity contribution in [3.63, 3.8) is 0 Å². The fourth-order valence-electron chi connectivity index (χ4n) is 4.39. The number of nitrogens with one attached hydrogen (secondary N) is 1. The Morgan fingerprint density at radius 3 is 2.21 bits per heavy atom. The Morgan fingerprint density at radius 1 is 1.16 bits per heavy atom. The molecule has 0 bridgehead atoms. The van der Waals surface area contributed by atoms with Crippen LogP contribution < -0.4 is 10.1 Å². The number of morpholine rings is 1. The summed E-state index contributed by atoms with van der Waals surface area (Å²) in [6.07, 6.45) is -0.632. The Labute approximate surface area is 214 Å². The van der Waals surface area contributed by atoms with Gasteiger partial charge < -0.3 is 25.1 Å². The van der Waals surface area contributed by atoms with Crippen molar-refractivity contribution in [1.29, 1.82) is 0 Å². The molecule has 38 heavy (non-hydrogen) atoms. The van der Waals surface area contributed by atoms with Gasteiger partial charge in [-0.05, 0) is 26.2 Å². The van der Waals surface area contributed by atoms with E-state index in [1.54, 1.807) is 0 Å². The van der Waals surface area contributed by atoms with Gasteiger partial charge >= 0.3 is 11.9 Å². The van der Waals surface area contributed by atoms with Crippen LogP contribution in [0.3, 0.4) is 0 Å². The predicted molar refractivity (Wildman–Crippen MR) is 119 cm³/mol. The Balaban J connectivity index is 1.79. The minimum absolute atomic E-state index is 0.0201. The first-order valence-corrected chi connectivity index (χ1v) is 11.9. The molecular formula is C23H27F4N3O8. The number of quaternary nitrogens is 1. The van der Waals surface area contributed by atoms with Crippen LogP contribution in [0.25, 0.3) is 0 Å². The molecule has 0 spiro atoms. The summed E-state index contributed by atoms with van der Waals surface area (Å²) in [5, 5.41) is 26.3. The number of halogens is 4. The van der Waals surface area contributed by atoms with Gasteiger partial charge in [0.1, 0.15) is 19.2 Å². The maximum atomic E-state index is 13.8. The first-order valence-electron chi connectivity index (χ1n) is 11.9. The van der Waals surface area contributed by atoms with Crippen LogP contribution in [0.4, 0.5) is 17.6 Å². The summed E-state index contributed by atoms with van der Waals surface area (Å²) in [5.41, 5.74) is -1.84. The molecule has 2 unspecified atom stereocenters. The van der Waals surface area contributed by atoms with E-state index in [1.807, 2.05) is 0 Å². The van der Waals surface area contributed by atoms with Crippen LogP contribution in [0.15, 0.2) is 6.07 Å². The highest BCUT2D eigenvalue weighted by atomic mass is 19.2. The van der Waals surface area contributed by atoms with Crippen LogP contribution >= 0.6 is 0 Å². The number of carboxylic acids is 1. The number of carbonyl (C=O) groups is 4. The van der Waals surface area contributed by atoms with Crippen molar-refractivity contribution in [3.05, 3.63) is 34.5 Å². The van der Waals surface area contributed by atoms with Crippen molar-refractivity contribution in [2.75, 3.05) is 39.5 Å². The van der Waals surface area contributed by atoms with Crippen LogP contribution in [-0.2, 0) is 23.9 Å². The average Bonchev–Trinajstić information content (AvgIpc) is 2.86. The van der Waals surface area contributed by atoms with Crippen molar-refractivity contribution in [2.45, 2.75) is 38.6 Å². The van der Waals surface area contributed by atoms with Crippen LogP contribution in [0.1, 0.15) is 32.6 Å². The van der Waals surface area contributed by atoms with Gasteiger partial charge in [0.05, 0.1) is 32.7 Å². The van der Waals surface area contributed by atoms with E-state index < -0.39 is 81.8 Å². The molecule has 1 saturated heterocycles. The molecule has 1 heterocycles. The van der Waals surface area contributed by atoms with Crippen molar-refractivity contribution in [3.8, 4) is 5.75 Å². The molecule has 2 amide bonds. The minimum atomic E-state index is -1.92. The third-order valence-electron chi connectivity index (χ3n) is 6.74. The number of aliphatic carboxylic acids is 1. The van der Waals surface area contributed by atoms with Gasteiger partial charge in [0.15, 0.2) is 28.6 Å². The van der Waals surface area contributed by atoms with E-state index in [1.165, 1.54) is 11.9 Å². The highest BCUT2D eigenvalue weighted by molar-refractivity contribution is 6.05. The van der Waals surface area contributed by atoms with Gasteiger partial charge in [0, 0.05) is 6.07 Å². The van der Waals surface area contributed by atoms with Crippen molar-refractivity contribution in [1.82, 2.24) is 10.3 Å². The largest absolute Gasteiger partial charge is 0.604 e. The zero-order valence-corrected chi connectivity index (χ0v) is 20.4. The maximum absolute atomic E-state index is 13.8. The first-order chi connectivity index (χ1) is 17.9. The lowest BCUT2D eigenvalue weighted by Gasteiger charge is -2.52. The first kappa shape index (κ1) is 29.4. The SMILES string of the molecule is CC[N+]([O-])(C(=O)C1(C(=O)NC(CC(=O)O)C(=O)COc2c(F)c(F)cc(F)c2F)CCC1)N1CCOCC1. The summed E-state index contributed by atoms with van der Waals surface area (Å²) in [5.74, 6) is -13.7. The summed E-state index contributed by atoms with van der Waals surface area (Å²) in [7, 11) is 0. The van der Waals surface area contributed by atoms with Crippen LogP contribution in [0, 0.1) is 33.9 Å². The number of hydrogen-bond donors (Lipinski definition) is 2. The molecule has 1 aromatic rings. The van der Waals surface area contributed by atoms with Gasteiger partial charge in [-0.1, -0.05) is 0 Å². The molecule has 1 aliphatic carbocycles. The summed E-state index contributed by atoms with van der Waals surface area (Å²) in [6, 6.07) is -1.91. The highest BCUT2D eigenvalue weighted by Gasteiger charge is 2.59. The molecule has 1 saturated carbocycles. The quantitative estimate of drug-likeness (QED) is 0.138. The molecule has 1 aromatic carbocycles. The number of benzene rings is 1. The lowest BCUT2D eigenvalue weighted by Crippen LogP contribution is -2.70. The summed E-state index contributed by atoms with van der Waals surface area (Å²) >= 11 is 0. The van der Waals surface area contributed by atoms with E-state index in [0.717, 1.165) is 0 Å². The van der Waals surface area contributed by atoms with Gasteiger partial charge in [-0.15, -0.1) is 5.01 Å². The number of amides is 2. The van der Waals surface area contributed by atoms with E-state index in [0.29, 0.717) is 6.42 Å². The average molecular weight is 549 g/mol. The van der Waals surface area contributed by atoms with Crippen molar-refractivity contribution in [2.24, 2.45) is 5.41 Å². The van der Waals surface area contributed by atoms with Gasteiger partial charge in [-0.3, -0.25) is 14.4 Å². The third kappa shape index (κ3) is 5.65. The number of nitrogens with zero attached hydrogens (tertiary/aromatic N) is 2. The Hall–Kier alpha value is -3.14. The van der Waals surface area contributed by atoms with Crippen LogP contribution in [0.5, 0.6) is 5.75 Å². The fraction of sp³-hybridized carbons (Fsp3) is 0.565. The third-order valence-corrected chi connectivity index (χ3v) is 6.74.